The molecule has 0 bridgehead atoms. The second kappa shape index (κ2) is 5.99. The van der Waals surface area contributed by atoms with E-state index < -0.39 is 17.3 Å². The maximum Gasteiger partial charge on any atom is 0.258 e. The topological polar surface area (TPSA) is 99.5 Å². The van der Waals surface area contributed by atoms with Crippen LogP contribution in [-0.4, -0.2) is 20.7 Å². The van der Waals surface area contributed by atoms with E-state index >= 15 is 0 Å². The molecule has 1 N–H and O–H groups in total. The predicted molar refractivity (Wildman–Crippen MR) is 84.3 cm³/mol. The molecule has 0 aliphatic heterocycles. The van der Waals surface area contributed by atoms with Gasteiger partial charge in [0.05, 0.1) is 17.0 Å². The third-order valence-electron chi connectivity index (χ3n) is 3.27. The lowest BCUT2D eigenvalue weighted by molar-refractivity contribution is 0.0971. The number of carbonyl (C=O) groups is 1. The Morgan fingerprint density at radius 1 is 1.30 bits per heavy atom. The van der Waals surface area contributed by atoms with Crippen LogP contribution in [0.5, 0.6) is 0 Å². The van der Waals surface area contributed by atoms with Crippen LogP contribution in [0.15, 0.2) is 47.4 Å². The van der Waals surface area contributed by atoms with Gasteiger partial charge in [-0.25, -0.2) is 4.98 Å². The molecule has 0 unspecified atom stereocenters. The first-order valence-electron chi connectivity index (χ1n) is 6.64. The van der Waals surface area contributed by atoms with E-state index in [4.69, 9.17) is 11.6 Å². The summed E-state index contributed by atoms with van der Waals surface area (Å²) in [7, 11) is 0. The van der Waals surface area contributed by atoms with Crippen molar-refractivity contribution in [1.29, 1.82) is 5.26 Å². The molecule has 0 aliphatic carbocycles. The maximum absolute atomic E-state index is 12.4. The van der Waals surface area contributed by atoms with E-state index in [1.165, 1.54) is 24.4 Å². The summed E-state index contributed by atoms with van der Waals surface area (Å²) in [5.41, 5.74) is 0.0222. The molecule has 1 aromatic carbocycles. The number of nitrogens with zero attached hydrogens (tertiary/aromatic N) is 3. The highest BCUT2D eigenvalue weighted by Crippen LogP contribution is 2.19. The van der Waals surface area contributed by atoms with Crippen LogP contribution in [0.25, 0.3) is 10.9 Å². The van der Waals surface area contributed by atoms with Crippen LogP contribution in [0.1, 0.15) is 22.2 Å². The first-order valence-corrected chi connectivity index (χ1v) is 7.02. The number of nitrogens with one attached hydrogen (secondary N) is 1. The first-order chi connectivity index (χ1) is 11.1. The molecule has 3 rings (SSSR count). The summed E-state index contributed by atoms with van der Waals surface area (Å²) >= 11 is 5.90. The van der Waals surface area contributed by atoms with Crippen molar-refractivity contribution in [3.8, 4) is 6.07 Å². The summed E-state index contributed by atoms with van der Waals surface area (Å²) in [4.78, 5) is 35.2. The van der Waals surface area contributed by atoms with E-state index in [0.29, 0.717) is 15.9 Å². The van der Waals surface area contributed by atoms with Crippen molar-refractivity contribution < 1.29 is 4.79 Å². The normalized spacial score (nSPS) is 11.8. The van der Waals surface area contributed by atoms with Gasteiger partial charge in [0.25, 0.3) is 5.56 Å². The van der Waals surface area contributed by atoms with E-state index in [1.54, 1.807) is 18.2 Å². The van der Waals surface area contributed by atoms with Gasteiger partial charge in [0.15, 0.2) is 5.92 Å². The Bertz CT molecular complexity index is 992. The van der Waals surface area contributed by atoms with Gasteiger partial charge in [-0.3, -0.25) is 14.6 Å². The maximum atomic E-state index is 12.4. The van der Waals surface area contributed by atoms with Gasteiger partial charge in [-0.05, 0) is 30.3 Å². The van der Waals surface area contributed by atoms with Gasteiger partial charge in [0.1, 0.15) is 11.5 Å². The number of aromatic nitrogens is 3. The van der Waals surface area contributed by atoms with Gasteiger partial charge in [0, 0.05) is 11.2 Å². The van der Waals surface area contributed by atoms with Crippen LogP contribution >= 0.6 is 11.6 Å². The van der Waals surface area contributed by atoms with Crippen LogP contribution < -0.4 is 5.56 Å². The van der Waals surface area contributed by atoms with Crippen molar-refractivity contribution in [2.45, 2.75) is 5.92 Å². The summed E-state index contributed by atoms with van der Waals surface area (Å²) in [6, 6.07) is 11.3. The fourth-order valence-corrected chi connectivity index (χ4v) is 2.33. The number of carbonyl (C=O) groups excluding carboxylic acids is 1. The molecule has 2 aromatic heterocycles. The Hall–Kier alpha value is -3.04. The quantitative estimate of drug-likeness (QED) is 0.746. The van der Waals surface area contributed by atoms with Crippen molar-refractivity contribution in [2.75, 3.05) is 0 Å². The van der Waals surface area contributed by atoms with Crippen molar-refractivity contribution in [3.05, 3.63) is 69.5 Å². The summed E-state index contributed by atoms with van der Waals surface area (Å²) < 4.78 is 0. The van der Waals surface area contributed by atoms with Crippen molar-refractivity contribution in [3.63, 3.8) is 0 Å². The van der Waals surface area contributed by atoms with E-state index in [1.807, 2.05) is 6.07 Å². The second-order valence-electron chi connectivity index (χ2n) is 4.75. The number of hydrogen-bond acceptors (Lipinski definition) is 5. The van der Waals surface area contributed by atoms with Gasteiger partial charge >= 0.3 is 0 Å². The highest BCUT2D eigenvalue weighted by molar-refractivity contribution is 6.31. The summed E-state index contributed by atoms with van der Waals surface area (Å²) in [6.45, 7) is 0. The molecule has 3 aromatic rings. The van der Waals surface area contributed by atoms with E-state index in [2.05, 4.69) is 15.0 Å². The number of rotatable bonds is 3. The number of halogens is 1. The molecule has 0 fully saturated rings. The molecular weight excluding hydrogens is 316 g/mol. The second-order valence-corrected chi connectivity index (χ2v) is 5.19. The molecule has 0 saturated carbocycles. The Morgan fingerprint density at radius 2 is 2.13 bits per heavy atom. The fraction of sp³-hybridized carbons (Fsp3) is 0.0625. The Labute approximate surface area is 135 Å². The van der Waals surface area contributed by atoms with Gasteiger partial charge in [-0.15, -0.1) is 0 Å². The highest BCUT2D eigenvalue weighted by atomic mass is 35.5. The molecule has 7 heteroatoms. The number of pyridine rings is 1. The monoisotopic (exact) mass is 324 g/mol. The molecule has 0 saturated heterocycles. The zero-order valence-corrected chi connectivity index (χ0v) is 12.4. The lowest BCUT2D eigenvalue weighted by Crippen LogP contribution is -2.20. The Morgan fingerprint density at radius 3 is 2.83 bits per heavy atom. The molecule has 112 valence electrons. The largest absolute Gasteiger partial charge is 0.308 e. The van der Waals surface area contributed by atoms with Crippen LogP contribution in [0.4, 0.5) is 0 Å². The van der Waals surface area contributed by atoms with Crippen LogP contribution in [-0.2, 0) is 0 Å². The predicted octanol–water partition coefficient (Wildman–Crippen LogP) is 2.46. The molecule has 23 heavy (non-hydrogen) atoms. The molecular formula is C16H9ClN4O2. The number of nitriles is 1. The molecule has 0 aliphatic rings. The first kappa shape index (κ1) is 14.9. The summed E-state index contributed by atoms with van der Waals surface area (Å²) in [5, 5.41) is 10.1. The lowest BCUT2D eigenvalue weighted by Gasteiger charge is -2.08. The minimum atomic E-state index is -1.25. The number of Topliss-reactive ketones (excluding diaryl/α,β-unsaturated/α-hetero) is 1. The van der Waals surface area contributed by atoms with E-state index in [0.717, 1.165) is 0 Å². The average Bonchev–Trinajstić information content (AvgIpc) is 2.56. The highest BCUT2D eigenvalue weighted by Gasteiger charge is 2.25. The number of fused-ring (bicyclic) bond motifs is 1. The Balaban J connectivity index is 2.12. The van der Waals surface area contributed by atoms with E-state index in [9.17, 15) is 14.9 Å². The average molecular weight is 325 g/mol. The third kappa shape index (κ3) is 2.82. The summed E-state index contributed by atoms with van der Waals surface area (Å²) in [6.07, 6.45) is 1.46. The smallest absolute Gasteiger partial charge is 0.258 e. The number of benzene rings is 1. The van der Waals surface area contributed by atoms with Crippen LogP contribution in [0.2, 0.25) is 5.02 Å². The molecule has 1 atom stereocenters. The number of aromatic amines is 1. The standard InChI is InChI=1S/C16H9ClN4O2/c17-9-4-5-10-13(7-9)20-15(21-16(10)23)11(8-18)14(22)12-3-1-2-6-19-12/h1-7,11H,(H,20,21,23)/t11-/m1/s1. The number of H-pyrrole nitrogens is 1. The van der Waals surface area contributed by atoms with Gasteiger partial charge in [-0.2, -0.15) is 5.26 Å². The van der Waals surface area contributed by atoms with Gasteiger partial charge in [-0.1, -0.05) is 17.7 Å². The Kier molecular flexibility index (Phi) is 3.87. The lowest BCUT2D eigenvalue weighted by atomic mass is 10.0. The number of ketones is 1. The minimum Gasteiger partial charge on any atom is -0.308 e. The van der Waals surface area contributed by atoms with Gasteiger partial charge < -0.3 is 4.98 Å². The zero-order valence-electron chi connectivity index (χ0n) is 11.7. The van der Waals surface area contributed by atoms with E-state index in [-0.39, 0.29) is 11.5 Å². The van der Waals surface area contributed by atoms with Gasteiger partial charge in [0.2, 0.25) is 5.78 Å². The molecule has 0 amide bonds. The molecule has 6 nitrogen and oxygen atoms in total. The third-order valence-corrected chi connectivity index (χ3v) is 3.50. The van der Waals surface area contributed by atoms with Crippen molar-refractivity contribution in [1.82, 2.24) is 15.0 Å². The van der Waals surface area contributed by atoms with Crippen molar-refractivity contribution >= 4 is 28.3 Å². The summed E-state index contributed by atoms with van der Waals surface area (Å²) in [5.74, 6) is -1.80. The van der Waals surface area contributed by atoms with Crippen LogP contribution in [0.3, 0.4) is 0 Å². The van der Waals surface area contributed by atoms with Crippen LogP contribution in [0, 0.1) is 11.3 Å². The minimum absolute atomic E-state index is 0.0251. The zero-order chi connectivity index (χ0) is 16.4. The number of hydrogen-bond donors (Lipinski definition) is 1. The fourth-order valence-electron chi connectivity index (χ4n) is 2.17. The van der Waals surface area contributed by atoms with Crippen molar-refractivity contribution in [2.24, 2.45) is 0 Å². The molecule has 2 heterocycles. The molecule has 0 spiro atoms. The SMILES string of the molecule is N#C[C@H](C(=O)c1ccccn1)c1nc2cc(Cl)ccc2c(=O)[nH]1. The molecule has 0 radical (unpaired) electrons.